The molecule has 1 aromatic carbocycles. The van der Waals surface area contributed by atoms with E-state index in [0.717, 1.165) is 26.1 Å². The van der Waals surface area contributed by atoms with Crippen LogP contribution >= 0.6 is 11.8 Å². The van der Waals surface area contributed by atoms with Crippen LogP contribution in [0.25, 0.3) is 0 Å². The van der Waals surface area contributed by atoms with Crippen LogP contribution in [-0.4, -0.2) is 49.9 Å². The average Bonchev–Trinajstić information content (AvgIpc) is 2.39. The molecule has 0 bridgehead atoms. The number of likely N-dealkylation sites (N-methyl/N-ethyl adjacent to an activating group) is 1. The van der Waals surface area contributed by atoms with E-state index in [1.54, 1.807) is 0 Å². The van der Waals surface area contributed by atoms with Gasteiger partial charge in [0.05, 0.1) is 0 Å². The van der Waals surface area contributed by atoms with Gasteiger partial charge in [0.1, 0.15) is 0 Å². The third-order valence-electron chi connectivity index (χ3n) is 3.66. The van der Waals surface area contributed by atoms with E-state index in [1.807, 2.05) is 11.8 Å². The van der Waals surface area contributed by atoms with E-state index in [9.17, 15) is 0 Å². The first-order valence-electron chi connectivity index (χ1n) is 6.73. The van der Waals surface area contributed by atoms with Crippen molar-refractivity contribution < 1.29 is 0 Å². The summed E-state index contributed by atoms with van der Waals surface area (Å²) in [5.41, 5.74) is 2.77. The van der Waals surface area contributed by atoms with Gasteiger partial charge in [-0.3, -0.25) is 0 Å². The molecule has 0 aromatic heterocycles. The summed E-state index contributed by atoms with van der Waals surface area (Å²) in [6.45, 7) is 4.52. The summed E-state index contributed by atoms with van der Waals surface area (Å²) in [6, 6.07) is 7.49. The lowest BCUT2D eigenvalue weighted by molar-refractivity contribution is 0.238. The molecular formula is C14H21N3S. The van der Waals surface area contributed by atoms with Crippen LogP contribution in [0.4, 0.5) is 5.69 Å². The van der Waals surface area contributed by atoms with Gasteiger partial charge in [-0.15, -0.1) is 11.8 Å². The van der Waals surface area contributed by atoms with E-state index in [0.29, 0.717) is 6.04 Å². The normalized spacial score (nSPS) is 24.4. The predicted molar refractivity (Wildman–Crippen MR) is 78.6 cm³/mol. The highest BCUT2D eigenvalue weighted by molar-refractivity contribution is 7.99. The monoisotopic (exact) mass is 263 g/mol. The maximum absolute atomic E-state index is 3.61. The SMILES string of the molecule is CN1CCNC(Cc2ccc3c(c2)NCCS3)C1. The average molecular weight is 263 g/mol. The number of hydrogen-bond acceptors (Lipinski definition) is 4. The fourth-order valence-electron chi connectivity index (χ4n) is 2.73. The van der Waals surface area contributed by atoms with E-state index in [-0.39, 0.29) is 0 Å². The van der Waals surface area contributed by atoms with Gasteiger partial charge >= 0.3 is 0 Å². The lowest BCUT2D eigenvalue weighted by atomic mass is 10.0. The number of rotatable bonds is 2. The molecule has 0 saturated carbocycles. The second-order valence-electron chi connectivity index (χ2n) is 5.22. The molecule has 1 unspecified atom stereocenters. The molecule has 2 heterocycles. The molecule has 0 radical (unpaired) electrons. The van der Waals surface area contributed by atoms with Crippen LogP contribution in [0.2, 0.25) is 0 Å². The topological polar surface area (TPSA) is 27.3 Å². The molecule has 1 aromatic rings. The Morgan fingerprint density at radius 1 is 1.39 bits per heavy atom. The fourth-order valence-corrected chi connectivity index (χ4v) is 3.60. The highest BCUT2D eigenvalue weighted by atomic mass is 32.2. The van der Waals surface area contributed by atoms with E-state index in [1.165, 1.54) is 28.4 Å². The van der Waals surface area contributed by atoms with Gasteiger partial charge in [-0.05, 0) is 31.2 Å². The Hall–Kier alpha value is -0.710. The molecule has 4 heteroatoms. The van der Waals surface area contributed by atoms with Crippen LogP contribution < -0.4 is 10.6 Å². The lowest BCUT2D eigenvalue weighted by Crippen LogP contribution is -2.49. The Bertz CT molecular complexity index is 422. The minimum Gasteiger partial charge on any atom is -0.383 e. The molecule has 0 spiro atoms. The van der Waals surface area contributed by atoms with Gasteiger partial charge < -0.3 is 15.5 Å². The Morgan fingerprint density at radius 3 is 3.22 bits per heavy atom. The van der Waals surface area contributed by atoms with Crippen molar-refractivity contribution >= 4 is 17.4 Å². The molecule has 0 amide bonds. The summed E-state index contributed by atoms with van der Waals surface area (Å²) in [5.74, 6) is 1.18. The van der Waals surface area contributed by atoms with Gasteiger partial charge in [0.15, 0.2) is 0 Å². The summed E-state index contributed by atoms with van der Waals surface area (Å²) in [6.07, 6.45) is 1.13. The maximum atomic E-state index is 3.61. The van der Waals surface area contributed by atoms with Gasteiger partial charge in [-0.1, -0.05) is 6.07 Å². The molecule has 2 aliphatic rings. The molecule has 3 nitrogen and oxygen atoms in total. The van der Waals surface area contributed by atoms with Crippen molar-refractivity contribution in [1.29, 1.82) is 0 Å². The number of thioether (sulfide) groups is 1. The van der Waals surface area contributed by atoms with Crippen molar-refractivity contribution in [3.8, 4) is 0 Å². The van der Waals surface area contributed by atoms with Gasteiger partial charge in [0.25, 0.3) is 0 Å². The summed E-state index contributed by atoms with van der Waals surface area (Å²) in [7, 11) is 2.21. The Balaban J connectivity index is 1.69. The predicted octanol–water partition coefficient (Wildman–Crippen LogP) is 1.65. The number of piperazine rings is 1. The van der Waals surface area contributed by atoms with Crippen molar-refractivity contribution in [2.45, 2.75) is 17.4 Å². The molecule has 98 valence electrons. The minimum absolute atomic E-state index is 0.595. The van der Waals surface area contributed by atoms with Gasteiger partial charge in [-0.2, -0.15) is 0 Å². The van der Waals surface area contributed by atoms with Crippen LogP contribution in [0.5, 0.6) is 0 Å². The smallest absolute Gasteiger partial charge is 0.0481 e. The third kappa shape index (κ3) is 2.82. The molecule has 0 aliphatic carbocycles. The summed E-state index contributed by atoms with van der Waals surface area (Å²) in [4.78, 5) is 3.81. The minimum atomic E-state index is 0.595. The summed E-state index contributed by atoms with van der Waals surface area (Å²) in [5, 5.41) is 7.11. The van der Waals surface area contributed by atoms with Crippen LogP contribution in [0.1, 0.15) is 5.56 Å². The Kier molecular flexibility index (Phi) is 3.77. The van der Waals surface area contributed by atoms with E-state index in [4.69, 9.17) is 0 Å². The van der Waals surface area contributed by atoms with Crippen LogP contribution in [0.3, 0.4) is 0 Å². The van der Waals surface area contributed by atoms with Crippen molar-refractivity contribution in [3.63, 3.8) is 0 Å². The Labute approximate surface area is 113 Å². The molecule has 2 aliphatic heterocycles. The van der Waals surface area contributed by atoms with Gasteiger partial charge in [0.2, 0.25) is 0 Å². The second kappa shape index (κ2) is 5.51. The number of fused-ring (bicyclic) bond motifs is 1. The summed E-state index contributed by atoms with van der Waals surface area (Å²) < 4.78 is 0. The van der Waals surface area contributed by atoms with Gasteiger partial charge in [0, 0.05) is 48.6 Å². The summed E-state index contributed by atoms with van der Waals surface area (Å²) >= 11 is 1.96. The number of hydrogen-bond donors (Lipinski definition) is 2. The molecule has 1 atom stereocenters. The zero-order valence-corrected chi connectivity index (χ0v) is 11.7. The van der Waals surface area contributed by atoms with E-state index < -0.39 is 0 Å². The standard InChI is InChI=1S/C14H21N3S/c1-17-6-4-15-12(10-17)8-11-2-3-14-13(9-11)16-5-7-18-14/h2-3,9,12,15-16H,4-8,10H2,1H3. The van der Waals surface area contributed by atoms with Crippen molar-refractivity contribution in [1.82, 2.24) is 10.2 Å². The van der Waals surface area contributed by atoms with E-state index >= 15 is 0 Å². The molecule has 3 rings (SSSR count). The van der Waals surface area contributed by atoms with E-state index in [2.05, 4.69) is 40.8 Å². The number of nitrogens with zero attached hydrogens (tertiary/aromatic N) is 1. The van der Waals surface area contributed by atoms with Crippen molar-refractivity contribution in [2.24, 2.45) is 0 Å². The largest absolute Gasteiger partial charge is 0.383 e. The zero-order chi connectivity index (χ0) is 12.4. The molecule has 18 heavy (non-hydrogen) atoms. The Morgan fingerprint density at radius 2 is 2.33 bits per heavy atom. The van der Waals surface area contributed by atoms with Crippen molar-refractivity contribution in [2.75, 3.05) is 44.3 Å². The van der Waals surface area contributed by atoms with Crippen LogP contribution in [0.15, 0.2) is 23.1 Å². The number of benzene rings is 1. The maximum Gasteiger partial charge on any atom is 0.0481 e. The highest BCUT2D eigenvalue weighted by Crippen LogP contribution is 2.31. The molecular weight excluding hydrogens is 242 g/mol. The molecule has 2 N–H and O–H groups in total. The van der Waals surface area contributed by atoms with Crippen LogP contribution in [-0.2, 0) is 6.42 Å². The number of nitrogens with one attached hydrogen (secondary N) is 2. The first kappa shape index (κ1) is 12.3. The number of anilines is 1. The van der Waals surface area contributed by atoms with Gasteiger partial charge in [-0.25, -0.2) is 0 Å². The van der Waals surface area contributed by atoms with Crippen molar-refractivity contribution in [3.05, 3.63) is 23.8 Å². The third-order valence-corrected chi connectivity index (χ3v) is 4.73. The second-order valence-corrected chi connectivity index (χ2v) is 6.36. The zero-order valence-electron chi connectivity index (χ0n) is 10.9. The first-order valence-corrected chi connectivity index (χ1v) is 7.71. The molecule has 1 fully saturated rings. The lowest BCUT2D eigenvalue weighted by Gasteiger charge is -2.31. The van der Waals surface area contributed by atoms with Crippen LogP contribution in [0, 0.1) is 0 Å². The fraction of sp³-hybridized carbons (Fsp3) is 0.571. The quantitative estimate of drug-likeness (QED) is 0.848. The highest BCUT2D eigenvalue weighted by Gasteiger charge is 2.17. The first-order chi connectivity index (χ1) is 8.81. The molecule has 1 saturated heterocycles.